The maximum Gasteiger partial charge on any atom is 0.309 e. The SMILES string of the molecule is CCCC(C)C1OC1CC(C)/C=C/C=C(\C)[C@H]1OC(=O)CC(O)CCC(C)C/C=C/C1C. The van der Waals surface area contributed by atoms with Gasteiger partial charge in [-0.05, 0) is 62.4 Å². The molecule has 0 amide bonds. The first-order chi connectivity index (χ1) is 15.2. The monoisotopic (exact) mass is 446 g/mol. The lowest BCUT2D eigenvalue weighted by atomic mass is 9.93. The van der Waals surface area contributed by atoms with Gasteiger partial charge in [0.2, 0.25) is 0 Å². The first-order valence-corrected chi connectivity index (χ1v) is 12.8. The van der Waals surface area contributed by atoms with Gasteiger partial charge in [0, 0.05) is 5.92 Å². The highest BCUT2D eigenvalue weighted by atomic mass is 16.6. The Morgan fingerprint density at radius 1 is 1.28 bits per heavy atom. The number of epoxide rings is 1. The highest BCUT2D eigenvalue weighted by Gasteiger charge is 2.42. The molecule has 32 heavy (non-hydrogen) atoms. The van der Waals surface area contributed by atoms with Gasteiger partial charge in [-0.3, -0.25) is 4.79 Å². The van der Waals surface area contributed by atoms with Crippen molar-refractivity contribution in [2.24, 2.45) is 23.7 Å². The molecule has 8 atom stereocenters. The van der Waals surface area contributed by atoms with Crippen LogP contribution in [0.2, 0.25) is 0 Å². The lowest BCUT2D eigenvalue weighted by molar-refractivity contribution is -0.151. The minimum atomic E-state index is -0.622. The number of carbonyl (C=O) groups excluding carboxylic acids is 1. The van der Waals surface area contributed by atoms with Crippen LogP contribution < -0.4 is 0 Å². The molecule has 0 aromatic rings. The standard InChI is InChI=1S/C28H46O4/c1-7-10-21(4)28-25(31-28)17-20(3)12-9-14-23(6)27-22(5)13-8-11-19(2)15-16-24(29)18-26(30)32-27/h8-9,12-14,19-22,24-25,27-29H,7,10-11,15-18H2,1-6H3/b12-9+,13-8+,23-14+/t19?,20?,21?,22?,24?,25?,27-,28?/m0/s1. The average molecular weight is 447 g/mol. The van der Waals surface area contributed by atoms with Crippen LogP contribution in [0.1, 0.15) is 86.5 Å². The highest BCUT2D eigenvalue weighted by Crippen LogP contribution is 2.36. The van der Waals surface area contributed by atoms with E-state index in [1.165, 1.54) is 12.8 Å². The van der Waals surface area contributed by atoms with Crippen LogP contribution in [-0.2, 0) is 14.3 Å². The molecule has 0 aromatic carbocycles. The molecule has 1 fully saturated rings. The molecule has 0 aliphatic carbocycles. The van der Waals surface area contributed by atoms with Crippen molar-refractivity contribution in [3.8, 4) is 0 Å². The van der Waals surface area contributed by atoms with Crippen molar-refractivity contribution in [3.05, 3.63) is 36.0 Å². The van der Waals surface area contributed by atoms with Crippen LogP contribution in [0, 0.1) is 23.7 Å². The van der Waals surface area contributed by atoms with E-state index in [1.54, 1.807) is 0 Å². The molecule has 0 spiro atoms. The Morgan fingerprint density at radius 2 is 2.03 bits per heavy atom. The maximum atomic E-state index is 12.4. The average Bonchev–Trinajstić information content (AvgIpc) is 3.48. The summed E-state index contributed by atoms with van der Waals surface area (Å²) in [7, 11) is 0. The van der Waals surface area contributed by atoms with Crippen molar-refractivity contribution in [1.29, 1.82) is 0 Å². The second kappa shape index (κ2) is 13.3. The van der Waals surface area contributed by atoms with Crippen LogP contribution >= 0.6 is 0 Å². The molecule has 1 saturated heterocycles. The van der Waals surface area contributed by atoms with Gasteiger partial charge in [-0.25, -0.2) is 0 Å². The fourth-order valence-corrected chi connectivity index (χ4v) is 4.72. The Morgan fingerprint density at radius 3 is 2.75 bits per heavy atom. The largest absolute Gasteiger partial charge is 0.457 e. The van der Waals surface area contributed by atoms with Gasteiger partial charge in [-0.15, -0.1) is 0 Å². The molecule has 4 nitrogen and oxygen atoms in total. The number of hydrogen-bond acceptors (Lipinski definition) is 4. The molecule has 7 unspecified atom stereocenters. The summed E-state index contributed by atoms with van der Waals surface area (Å²) in [4.78, 5) is 12.4. The van der Waals surface area contributed by atoms with E-state index in [-0.39, 0.29) is 24.4 Å². The quantitative estimate of drug-likeness (QED) is 0.203. The molecule has 0 saturated carbocycles. The van der Waals surface area contributed by atoms with E-state index in [0.29, 0.717) is 36.4 Å². The van der Waals surface area contributed by atoms with E-state index in [2.05, 4.69) is 65.0 Å². The summed E-state index contributed by atoms with van der Waals surface area (Å²) in [6.07, 6.45) is 16.7. The van der Waals surface area contributed by atoms with Crippen molar-refractivity contribution in [2.75, 3.05) is 0 Å². The minimum Gasteiger partial charge on any atom is -0.457 e. The zero-order chi connectivity index (χ0) is 23.7. The number of carbonyl (C=O) groups is 1. The zero-order valence-corrected chi connectivity index (χ0v) is 21.1. The fourth-order valence-electron chi connectivity index (χ4n) is 4.72. The van der Waals surface area contributed by atoms with Crippen LogP contribution in [-0.4, -0.2) is 35.5 Å². The summed E-state index contributed by atoms with van der Waals surface area (Å²) < 4.78 is 11.7. The van der Waals surface area contributed by atoms with Crippen molar-refractivity contribution in [3.63, 3.8) is 0 Å². The van der Waals surface area contributed by atoms with E-state index in [1.807, 2.05) is 6.92 Å². The van der Waals surface area contributed by atoms with E-state index < -0.39 is 6.10 Å². The van der Waals surface area contributed by atoms with E-state index in [0.717, 1.165) is 24.8 Å². The number of aliphatic hydroxyl groups is 1. The summed E-state index contributed by atoms with van der Waals surface area (Å²) in [5.74, 6) is 1.36. The van der Waals surface area contributed by atoms with Crippen LogP contribution in [0.4, 0.5) is 0 Å². The Labute approximate surface area is 196 Å². The third-order valence-electron chi connectivity index (χ3n) is 6.89. The molecule has 4 heteroatoms. The molecule has 2 aliphatic rings. The molecule has 2 aliphatic heterocycles. The predicted molar refractivity (Wildman–Crippen MR) is 131 cm³/mol. The Kier molecular flexibility index (Phi) is 11.2. The Bertz CT molecular complexity index is 664. The lowest BCUT2D eigenvalue weighted by Crippen LogP contribution is -2.28. The van der Waals surface area contributed by atoms with Crippen molar-refractivity contribution < 1.29 is 19.4 Å². The summed E-state index contributed by atoms with van der Waals surface area (Å²) in [5, 5.41) is 10.2. The smallest absolute Gasteiger partial charge is 0.309 e. The second-order valence-electron chi connectivity index (χ2n) is 10.4. The van der Waals surface area contributed by atoms with Crippen LogP contribution in [0.25, 0.3) is 0 Å². The number of ether oxygens (including phenoxy) is 2. The van der Waals surface area contributed by atoms with Crippen LogP contribution in [0.5, 0.6) is 0 Å². The second-order valence-corrected chi connectivity index (χ2v) is 10.4. The minimum absolute atomic E-state index is 0.0683. The zero-order valence-electron chi connectivity index (χ0n) is 21.1. The summed E-state index contributed by atoms with van der Waals surface area (Å²) >= 11 is 0. The first-order valence-electron chi connectivity index (χ1n) is 12.8. The number of hydrogen-bond donors (Lipinski definition) is 1. The van der Waals surface area contributed by atoms with Gasteiger partial charge in [0.15, 0.2) is 0 Å². The third kappa shape index (κ3) is 9.23. The number of allylic oxidation sites excluding steroid dienone is 4. The van der Waals surface area contributed by atoms with Gasteiger partial charge in [0.25, 0.3) is 0 Å². The number of rotatable bonds is 8. The maximum absolute atomic E-state index is 12.4. The molecule has 0 aromatic heterocycles. The summed E-state index contributed by atoms with van der Waals surface area (Å²) in [6, 6.07) is 0. The Balaban J connectivity index is 1.96. The number of aliphatic hydroxyl groups excluding tert-OH is 1. The molecule has 2 rings (SSSR count). The van der Waals surface area contributed by atoms with Gasteiger partial charge in [-0.1, -0.05) is 71.4 Å². The summed E-state index contributed by atoms with van der Waals surface area (Å²) in [5.41, 5.74) is 1.02. The number of esters is 1. The van der Waals surface area contributed by atoms with Crippen molar-refractivity contribution in [1.82, 2.24) is 0 Å². The van der Waals surface area contributed by atoms with Gasteiger partial charge < -0.3 is 14.6 Å². The fraction of sp³-hybridized carbons (Fsp3) is 0.750. The predicted octanol–water partition coefficient (Wildman–Crippen LogP) is 6.39. The molecular formula is C28H46O4. The lowest BCUT2D eigenvalue weighted by Gasteiger charge is -2.24. The number of cyclic esters (lactones) is 1. The van der Waals surface area contributed by atoms with E-state index >= 15 is 0 Å². The topological polar surface area (TPSA) is 59.1 Å². The summed E-state index contributed by atoms with van der Waals surface area (Å²) in [6.45, 7) is 13.1. The van der Waals surface area contributed by atoms with Crippen LogP contribution in [0.15, 0.2) is 36.0 Å². The molecule has 0 bridgehead atoms. The van der Waals surface area contributed by atoms with Gasteiger partial charge in [0.1, 0.15) is 6.10 Å². The normalized spacial score (nSPS) is 35.5. The first kappa shape index (κ1) is 26.9. The molecule has 2 heterocycles. The van der Waals surface area contributed by atoms with Crippen molar-refractivity contribution in [2.45, 2.75) is 111 Å². The molecule has 182 valence electrons. The third-order valence-corrected chi connectivity index (χ3v) is 6.89. The molecule has 0 radical (unpaired) electrons. The van der Waals surface area contributed by atoms with Gasteiger partial charge in [0.05, 0.1) is 24.7 Å². The van der Waals surface area contributed by atoms with Gasteiger partial charge in [-0.2, -0.15) is 0 Å². The van der Waals surface area contributed by atoms with Gasteiger partial charge >= 0.3 is 5.97 Å². The van der Waals surface area contributed by atoms with Crippen LogP contribution in [0.3, 0.4) is 0 Å². The Hall–Kier alpha value is -1.39. The highest BCUT2D eigenvalue weighted by molar-refractivity contribution is 5.70. The van der Waals surface area contributed by atoms with Crippen molar-refractivity contribution >= 4 is 5.97 Å². The van der Waals surface area contributed by atoms with E-state index in [4.69, 9.17) is 9.47 Å². The molecular weight excluding hydrogens is 400 g/mol. The van der Waals surface area contributed by atoms with E-state index in [9.17, 15) is 9.90 Å². The molecule has 1 N–H and O–H groups in total.